The van der Waals surface area contributed by atoms with Gasteiger partial charge in [0.15, 0.2) is 0 Å². The third-order valence-corrected chi connectivity index (χ3v) is 4.83. The average molecular weight is 316 g/mol. The molecule has 0 saturated carbocycles. The highest BCUT2D eigenvalue weighted by atomic mass is 32.2. The first kappa shape index (κ1) is 17.4. The quantitative estimate of drug-likeness (QED) is 0.681. The van der Waals surface area contributed by atoms with E-state index in [4.69, 9.17) is 0 Å². The van der Waals surface area contributed by atoms with Gasteiger partial charge in [0.25, 0.3) is 10.2 Å². The number of carboxylic acid groups (broad SMARTS) is 1. The summed E-state index contributed by atoms with van der Waals surface area (Å²) in [4.78, 5) is 11.2. The molecule has 118 valence electrons. The number of rotatable bonds is 7. The smallest absolute Gasteiger partial charge is 0.322 e. The van der Waals surface area contributed by atoms with Crippen molar-refractivity contribution in [3.63, 3.8) is 0 Å². The summed E-state index contributed by atoms with van der Waals surface area (Å²) in [7, 11) is -2.50. The number of benzene rings is 1. The zero-order chi connectivity index (χ0) is 16.2. The molecule has 0 saturated heterocycles. The minimum Gasteiger partial charge on any atom is -0.508 e. The number of aliphatic carboxylic acids is 1. The zero-order valence-electron chi connectivity index (χ0n) is 12.1. The van der Waals surface area contributed by atoms with Crippen LogP contribution in [0, 0.1) is 0 Å². The van der Waals surface area contributed by atoms with E-state index in [0.717, 1.165) is 4.31 Å². The lowest BCUT2D eigenvalue weighted by Crippen LogP contribution is -2.49. The molecule has 1 rings (SSSR count). The summed E-state index contributed by atoms with van der Waals surface area (Å²) in [6, 6.07) is 4.37. The zero-order valence-corrected chi connectivity index (χ0v) is 13.0. The van der Waals surface area contributed by atoms with Crippen LogP contribution in [-0.2, 0) is 21.4 Å². The summed E-state index contributed by atoms with van der Waals surface area (Å²) < 4.78 is 27.3. The number of hydrogen-bond acceptors (Lipinski definition) is 4. The second-order valence-corrected chi connectivity index (χ2v) is 6.76. The Morgan fingerprint density at radius 1 is 1.29 bits per heavy atom. The third-order valence-electron chi connectivity index (χ3n) is 3.07. The molecule has 1 atom stereocenters. The first-order chi connectivity index (χ1) is 9.63. The van der Waals surface area contributed by atoms with E-state index in [9.17, 15) is 23.4 Å². The largest absolute Gasteiger partial charge is 0.508 e. The van der Waals surface area contributed by atoms with Gasteiger partial charge in [0.05, 0.1) is 0 Å². The van der Waals surface area contributed by atoms with E-state index in [1.54, 1.807) is 26.0 Å². The van der Waals surface area contributed by atoms with Gasteiger partial charge in [0.2, 0.25) is 0 Å². The van der Waals surface area contributed by atoms with Crippen LogP contribution in [0.25, 0.3) is 0 Å². The predicted octanol–water partition coefficient (Wildman–Crippen LogP) is 0.562. The van der Waals surface area contributed by atoms with Crippen molar-refractivity contribution in [1.82, 2.24) is 9.03 Å². The molecular formula is C13H20N2O5S. The lowest BCUT2D eigenvalue weighted by molar-refractivity contribution is -0.138. The van der Waals surface area contributed by atoms with Crippen molar-refractivity contribution in [3.8, 4) is 5.75 Å². The summed E-state index contributed by atoms with van der Waals surface area (Å²) in [6.07, 6.45) is -0.0131. The molecule has 0 radical (unpaired) electrons. The van der Waals surface area contributed by atoms with E-state index < -0.39 is 22.2 Å². The Balaban J connectivity index is 2.88. The highest BCUT2D eigenvalue weighted by Crippen LogP contribution is 2.12. The minimum absolute atomic E-state index is 0.0131. The van der Waals surface area contributed by atoms with Gasteiger partial charge in [-0.05, 0) is 38.0 Å². The number of phenolic OH excluding ortho intramolecular Hbond substituents is 1. The molecule has 0 aliphatic heterocycles. The maximum atomic E-state index is 12.0. The monoisotopic (exact) mass is 316 g/mol. The third kappa shape index (κ3) is 5.00. The average Bonchev–Trinajstić information content (AvgIpc) is 2.39. The van der Waals surface area contributed by atoms with Crippen LogP contribution in [0.4, 0.5) is 0 Å². The molecule has 21 heavy (non-hydrogen) atoms. The molecule has 0 aliphatic rings. The molecule has 0 heterocycles. The molecule has 0 spiro atoms. The van der Waals surface area contributed by atoms with Crippen molar-refractivity contribution in [3.05, 3.63) is 29.8 Å². The molecule has 3 N–H and O–H groups in total. The highest BCUT2D eigenvalue weighted by Gasteiger charge is 2.28. The molecule has 1 aromatic carbocycles. The van der Waals surface area contributed by atoms with Gasteiger partial charge >= 0.3 is 5.97 Å². The molecule has 7 nitrogen and oxygen atoms in total. The molecule has 0 aromatic heterocycles. The summed E-state index contributed by atoms with van der Waals surface area (Å²) in [6.45, 7) is 3.38. The Morgan fingerprint density at radius 2 is 1.81 bits per heavy atom. The SMILES string of the molecule is CC(C)N(C)S(=O)(=O)N[C@H](Cc1ccc(O)cc1)C(=O)O. The van der Waals surface area contributed by atoms with Crippen molar-refractivity contribution in [2.24, 2.45) is 0 Å². The first-order valence-electron chi connectivity index (χ1n) is 6.39. The molecule has 1 aromatic rings. The van der Waals surface area contributed by atoms with Crippen LogP contribution in [0.2, 0.25) is 0 Å². The fourth-order valence-corrected chi connectivity index (χ4v) is 2.85. The van der Waals surface area contributed by atoms with Crippen LogP contribution < -0.4 is 4.72 Å². The van der Waals surface area contributed by atoms with E-state index in [-0.39, 0.29) is 18.2 Å². The summed E-state index contributed by atoms with van der Waals surface area (Å²) >= 11 is 0. The van der Waals surface area contributed by atoms with Gasteiger partial charge in [0, 0.05) is 13.1 Å². The van der Waals surface area contributed by atoms with Gasteiger partial charge in [-0.2, -0.15) is 17.4 Å². The Hall–Kier alpha value is -1.64. The number of hydrogen-bond donors (Lipinski definition) is 3. The minimum atomic E-state index is -3.88. The van der Waals surface area contributed by atoms with Gasteiger partial charge in [-0.15, -0.1) is 0 Å². The first-order valence-corrected chi connectivity index (χ1v) is 7.83. The van der Waals surface area contributed by atoms with E-state index >= 15 is 0 Å². The van der Waals surface area contributed by atoms with Crippen LogP contribution in [0.15, 0.2) is 24.3 Å². The van der Waals surface area contributed by atoms with Crippen LogP contribution >= 0.6 is 0 Å². The fraction of sp³-hybridized carbons (Fsp3) is 0.462. The highest BCUT2D eigenvalue weighted by molar-refractivity contribution is 7.87. The number of aromatic hydroxyl groups is 1. The number of phenols is 1. The lowest BCUT2D eigenvalue weighted by Gasteiger charge is -2.24. The standard InChI is InChI=1S/C13H20N2O5S/c1-9(2)15(3)21(19,20)14-12(13(17)18)8-10-4-6-11(16)7-5-10/h4-7,9,12,14,16H,8H2,1-3H3,(H,17,18)/t12-/m1/s1. The van der Waals surface area contributed by atoms with Gasteiger partial charge in [-0.25, -0.2) is 0 Å². The van der Waals surface area contributed by atoms with Gasteiger partial charge in [0.1, 0.15) is 11.8 Å². The fourth-order valence-electron chi connectivity index (χ4n) is 1.59. The van der Waals surface area contributed by atoms with Crippen molar-refractivity contribution >= 4 is 16.2 Å². The molecule has 0 fully saturated rings. The van der Waals surface area contributed by atoms with Crippen molar-refractivity contribution < 1.29 is 23.4 Å². The molecule has 0 aliphatic carbocycles. The van der Waals surface area contributed by atoms with Crippen LogP contribution in [0.3, 0.4) is 0 Å². The summed E-state index contributed by atoms with van der Waals surface area (Å²) in [5.41, 5.74) is 0.607. The molecule has 0 unspecified atom stereocenters. The molecular weight excluding hydrogens is 296 g/mol. The Kier molecular flexibility index (Phi) is 5.70. The topological polar surface area (TPSA) is 107 Å². The van der Waals surface area contributed by atoms with E-state index in [1.807, 2.05) is 0 Å². The Morgan fingerprint density at radius 3 is 2.24 bits per heavy atom. The van der Waals surface area contributed by atoms with Crippen LogP contribution in [0.1, 0.15) is 19.4 Å². The van der Waals surface area contributed by atoms with Crippen molar-refractivity contribution in [2.45, 2.75) is 32.4 Å². The van der Waals surface area contributed by atoms with Gasteiger partial charge in [-0.3, -0.25) is 4.79 Å². The van der Waals surface area contributed by atoms with Crippen molar-refractivity contribution in [1.29, 1.82) is 0 Å². The van der Waals surface area contributed by atoms with Crippen LogP contribution in [0.5, 0.6) is 5.75 Å². The Bertz CT molecular complexity index is 583. The number of carboxylic acids is 1. The number of nitrogens with one attached hydrogen (secondary N) is 1. The van der Waals surface area contributed by atoms with Gasteiger partial charge in [-0.1, -0.05) is 12.1 Å². The summed E-state index contributed by atoms with van der Waals surface area (Å²) in [5, 5.41) is 18.4. The maximum Gasteiger partial charge on any atom is 0.322 e. The normalized spacial score (nSPS) is 13.6. The molecule has 8 heteroatoms. The predicted molar refractivity (Wildman–Crippen MR) is 78.2 cm³/mol. The molecule has 0 amide bonds. The molecule has 0 bridgehead atoms. The lowest BCUT2D eigenvalue weighted by atomic mass is 10.1. The summed E-state index contributed by atoms with van der Waals surface area (Å²) in [5.74, 6) is -1.20. The van der Waals surface area contributed by atoms with Gasteiger partial charge < -0.3 is 10.2 Å². The van der Waals surface area contributed by atoms with E-state index in [2.05, 4.69) is 4.72 Å². The maximum absolute atomic E-state index is 12.0. The number of nitrogens with zero attached hydrogens (tertiary/aromatic N) is 1. The second-order valence-electron chi connectivity index (χ2n) is 4.99. The Labute approximate surface area is 124 Å². The van der Waals surface area contributed by atoms with Crippen molar-refractivity contribution in [2.75, 3.05) is 7.05 Å². The van der Waals surface area contributed by atoms with E-state index in [1.165, 1.54) is 19.2 Å². The van der Waals surface area contributed by atoms with E-state index in [0.29, 0.717) is 5.56 Å². The second kappa shape index (κ2) is 6.88. The van der Waals surface area contributed by atoms with Crippen LogP contribution in [-0.4, -0.2) is 48.0 Å². The number of carbonyl (C=O) groups is 1.